The lowest BCUT2D eigenvalue weighted by molar-refractivity contribution is -0.138. The number of hydrogen-bond donors (Lipinski definition) is 0. The standard InChI is InChI=1S/C20H33NO3/c1-2-23-15-18-16-24-13-10-20(18)8-11-21(12-9-20)19(22)14-17-6-4-3-5-7-17/h6,18H,2-5,7-16H2,1H3/t18-/m0/s1. The van der Waals surface area contributed by atoms with E-state index in [2.05, 4.69) is 17.9 Å². The number of piperidine rings is 1. The fourth-order valence-corrected chi connectivity index (χ4v) is 4.60. The van der Waals surface area contributed by atoms with Gasteiger partial charge in [-0.1, -0.05) is 11.6 Å². The van der Waals surface area contributed by atoms with Crippen LogP contribution in [0.2, 0.25) is 0 Å². The summed E-state index contributed by atoms with van der Waals surface area (Å²) in [7, 11) is 0. The molecule has 2 aliphatic heterocycles. The quantitative estimate of drug-likeness (QED) is 0.721. The maximum absolute atomic E-state index is 12.6. The van der Waals surface area contributed by atoms with Crippen LogP contribution in [0.15, 0.2) is 11.6 Å². The summed E-state index contributed by atoms with van der Waals surface area (Å²) in [6.07, 6.45) is 11.1. The van der Waals surface area contributed by atoms with Gasteiger partial charge in [-0.2, -0.15) is 0 Å². The van der Waals surface area contributed by atoms with Crippen LogP contribution in [0.4, 0.5) is 0 Å². The molecule has 0 radical (unpaired) electrons. The smallest absolute Gasteiger partial charge is 0.226 e. The third-order valence-corrected chi connectivity index (χ3v) is 6.33. The Bertz CT molecular complexity index is 452. The van der Waals surface area contributed by atoms with Crippen molar-refractivity contribution in [3.05, 3.63) is 11.6 Å². The van der Waals surface area contributed by atoms with E-state index in [1.807, 2.05) is 0 Å². The van der Waals surface area contributed by atoms with Crippen LogP contribution in [0.5, 0.6) is 0 Å². The lowest BCUT2D eigenvalue weighted by atomic mass is 9.66. The van der Waals surface area contributed by atoms with Crippen molar-refractivity contribution in [1.29, 1.82) is 0 Å². The topological polar surface area (TPSA) is 38.8 Å². The highest BCUT2D eigenvalue weighted by Crippen LogP contribution is 2.45. The van der Waals surface area contributed by atoms with E-state index in [1.165, 1.54) is 18.4 Å². The highest BCUT2D eigenvalue weighted by atomic mass is 16.5. The van der Waals surface area contributed by atoms with Crippen LogP contribution in [0.25, 0.3) is 0 Å². The van der Waals surface area contributed by atoms with Crippen molar-refractivity contribution in [1.82, 2.24) is 4.90 Å². The molecule has 0 unspecified atom stereocenters. The molecule has 3 aliphatic rings. The van der Waals surface area contributed by atoms with Gasteiger partial charge in [-0.3, -0.25) is 4.79 Å². The molecule has 1 spiro atoms. The van der Waals surface area contributed by atoms with E-state index in [4.69, 9.17) is 9.47 Å². The molecule has 136 valence electrons. The summed E-state index contributed by atoms with van der Waals surface area (Å²) in [5.74, 6) is 0.830. The van der Waals surface area contributed by atoms with Crippen molar-refractivity contribution in [3.8, 4) is 0 Å². The van der Waals surface area contributed by atoms with Crippen molar-refractivity contribution in [3.63, 3.8) is 0 Å². The minimum atomic E-state index is 0.328. The number of carbonyl (C=O) groups is 1. The number of amides is 1. The zero-order chi connectivity index (χ0) is 16.8. The molecule has 0 aromatic rings. The molecule has 2 heterocycles. The van der Waals surface area contributed by atoms with E-state index in [9.17, 15) is 4.79 Å². The zero-order valence-electron chi connectivity index (χ0n) is 15.2. The second-order valence-corrected chi connectivity index (χ2v) is 7.71. The minimum absolute atomic E-state index is 0.328. The SMILES string of the molecule is CCOC[C@H]1COCCC12CCN(C(=O)CC1=CCCCC1)CC2. The van der Waals surface area contributed by atoms with Gasteiger partial charge in [-0.25, -0.2) is 0 Å². The van der Waals surface area contributed by atoms with Gasteiger partial charge in [-0.05, 0) is 57.3 Å². The fourth-order valence-electron chi connectivity index (χ4n) is 4.60. The molecule has 0 aromatic heterocycles. The molecule has 0 aromatic carbocycles. The molecule has 0 bridgehead atoms. The molecule has 0 N–H and O–H groups in total. The number of rotatable bonds is 5. The Morgan fingerprint density at radius 2 is 2.17 bits per heavy atom. The van der Waals surface area contributed by atoms with E-state index >= 15 is 0 Å². The zero-order valence-corrected chi connectivity index (χ0v) is 15.2. The fraction of sp³-hybridized carbons (Fsp3) is 0.850. The van der Waals surface area contributed by atoms with E-state index in [-0.39, 0.29) is 0 Å². The highest BCUT2D eigenvalue weighted by Gasteiger charge is 2.44. The number of allylic oxidation sites excluding steroid dienone is 1. The average Bonchev–Trinajstić information content (AvgIpc) is 2.62. The van der Waals surface area contributed by atoms with Gasteiger partial charge in [0.2, 0.25) is 5.91 Å². The average molecular weight is 335 g/mol. The summed E-state index contributed by atoms with van der Waals surface area (Å²) in [4.78, 5) is 14.7. The van der Waals surface area contributed by atoms with Crippen molar-refractivity contribution in [2.45, 2.75) is 58.3 Å². The van der Waals surface area contributed by atoms with Gasteiger partial charge >= 0.3 is 0 Å². The summed E-state index contributed by atoms with van der Waals surface area (Å²) in [5.41, 5.74) is 1.70. The first kappa shape index (κ1) is 17.9. The Morgan fingerprint density at radius 1 is 1.33 bits per heavy atom. The van der Waals surface area contributed by atoms with Crippen molar-refractivity contribution in [2.24, 2.45) is 11.3 Å². The van der Waals surface area contributed by atoms with Crippen LogP contribution < -0.4 is 0 Å². The van der Waals surface area contributed by atoms with E-state index in [1.54, 1.807) is 0 Å². The van der Waals surface area contributed by atoms with Gasteiger partial charge in [0.15, 0.2) is 0 Å². The monoisotopic (exact) mass is 335 g/mol. The summed E-state index contributed by atoms with van der Waals surface area (Å²) in [6.45, 7) is 7.13. The largest absolute Gasteiger partial charge is 0.381 e. The maximum atomic E-state index is 12.6. The Kier molecular flexibility index (Phi) is 6.34. The van der Waals surface area contributed by atoms with Crippen LogP contribution in [0.3, 0.4) is 0 Å². The minimum Gasteiger partial charge on any atom is -0.381 e. The molecule has 2 saturated heterocycles. The van der Waals surface area contributed by atoms with E-state index < -0.39 is 0 Å². The van der Waals surface area contributed by atoms with Crippen LogP contribution >= 0.6 is 0 Å². The van der Waals surface area contributed by atoms with Crippen molar-refractivity contribution < 1.29 is 14.3 Å². The molecule has 3 rings (SSSR count). The Hall–Kier alpha value is -0.870. The second kappa shape index (κ2) is 8.48. The molecule has 1 atom stereocenters. The van der Waals surface area contributed by atoms with Gasteiger partial charge in [0.1, 0.15) is 0 Å². The summed E-state index contributed by atoms with van der Waals surface area (Å²) < 4.78 is 11.4. The number of ether oxygens (including phenoxy) is 2. The lowest BCUT2D eigenvalue weighted by Crippen LogP contribution is -2.50. The molecule has 1 aliphatic carbocycles. The molecule has 1 amide bonds. The van der Waals surface area contributed by atoms with E-state index in [0.717, 1.165) is 71.6 Å². The summed E-state index contributed by atoms with van der Waals surface area (Å²) >= 11 is 0. The molecule has 4 nitrogen and oxygen atoms in total. The van der Waals surface area contributed by atoms with E-state index in [0.29, 0.717) is 23.7 Å². The molecule has 0 saturated carbocycles. The van der Waals surface area contributed by atoms with Gasteiger partial charge in [0, 0.05) is 38.6 Å². The molecule has 24 heavy (non-hydrogen) atoms. The second-order valence-electron chi connectivity index (χ2n) is 7.71. The molecule has 2 fully saturated rings. The Morgan fingerprint density at radius 3 is 2.88 bits per heavy atom. The Labute approximate surface area is 146 Å². The van der Waals surface area contributed by atoms with Crippen LogP contribution in [0, 0.1) is 11.3 Å². The lowest BCUT2D eigenvalue weighted by Gasteiger charge is -2.49. The molecular formula is C20H33NO3. The van der Waals surface area contributed by atoms with Gasteiger partial charge in [-0.15, -0.1) is 0 Å². The third kappa shape index (κ3) is 4.20. The third-order valence-electron chi connectivity index (χ3n) is 6.33. The van der Waals surface area contributed by atoms with Gasteiger partial charge in [0.05, 0.1) is 13.2 Å². The number of nitrogens with zero attached hydrogens (tertiary/aromatic N) is 1. The van der Waals surface area contributed by atoms with Crippen LogP contribution in [-0.2, 0) is 14.3 Å². The summed E-state index contributed by atoms with van der Waals surface area (Å²) in [5, 5.41) is 0. The first-order valence-corrected chi connectivity index (χ1v) is 9.85. The van der Waals surface area contributed by atoms with Gasteiger partial charge in [0.25, 0.3) is 0 Å². The maximum Gasteiger partial charge on any atom is 0.226 e. The van der Waals surface area contributed by atoms with Gasteiger partial charge < -0.3 is 14.4 Å². The van der Waals surface area contributed by atoms with Crippen LogP contribution in [-0.4, -0.2) is 50.3 Å². The van der Waals surface area contributed by atoms with Crippen molar-refractivity contribution >= 4 is 5.91 Å². The highest BCUT2D eigenvalue weighted by molar-refractivity contribution is 5.78. The number of carbonyl (C=O) groups excluding carboxylic acids is 1. The molecular weight excluding hydrogens is 302 g/mol. The number of hydrogen-bond acceptors (Lipinski definition) is 3. The van der Waals surface area contributed by atoms with Crippen molar-refractivity contribution in [2.75, 3.05) is 39.5 Å². The summed E-state index contributed by atoms with van der Waals surface area (Å²) in [6, 6.07) is 0. The van der Waals surface area contributed by atoms with Crippen LogP contribution in [0.1, 0.15) is 58.3 Å². The normalized spacial score (nSPS) is 27.1. The predicted molar refractivity (Wildman–Crippen MR) is 94.8 cm³/mol. The predicted octanol–water partition coefficient (Wildman–Crippen LogP) is 3.56. The first-order valence-electron chi connectivity index (χ1n) is 9.85. The number of likely N-dealkylation sites (tertiary alicyclic amines) is 1. The first-order chi connectivity index (χ1) is 11.7. The molecule has 4 heteroatoms. The Balaban J connectivity index is 1.53.